The van der Waals surface area contributed by atoms with Crippen molar-refractivity contribution in [2.45, 2.75) is 26.4 Å². The van der Waals surface area contributed by atoms with Crippen LogP contribution in [0.2, 0.25) is 0 Å². The van der Waals surface area contributed by atoms with Crippen molar-refractivity contribution >= 4 is 31.9 Å². The molecule has 1 rings (SSSR count). The average Bonchev–Trinajstić information content (AvgIpc) is 2.10. The van der Waals surface area contributed by atoms with E-state index in [9.17, 15) is 0 Å². The minimum Gasteiger partial charge on any atom is -0.380 e. The lowest BCUT2D eigenvalue weighted by molar-refractivity contribution is 0.184. The van der Waals surface area contributed by atoms with Crippen molar-refractivity contribution in [3.05, 3.63) is 32.2 Å². The van der Waals surface area contributed by atoms with Crippen molar-refractivity contribution < 1.29 is 4.74 Å². The zero-order valence-corrected chi connectivity index (χ0v) is 11.8. The molecular weight excluding hydrogens is 308 g/mol. The van der Waals surface area contributed by atoms with E-state index in [-0.39, 0.29) is 0 Å². The predicted octanol–water partition coefficient (Wildman–Crippen LogP) is 4.48. The van der Waals surface area contributed by atoms with Crippen LogP contribution in [0.4, 0.5) is 0 Å². The number of ether oxygens (including phenoxy) is 1. The second kappa shape index (κ2) is 5.29. The summed E-state index contributed by atoms with van der Waals surface area (Å²) < 4.78 is 7.35. The molecule has 0 fully saturated rings. The molecule has 3 heteroatoms. The minimum atomic E-state index is 0.541. The van der Waals surface area contributed by atoms with Crippen molar-refractivity contribution in [1.29, 1.82) is 0 Å². The van der Waals surface area contributed by atoms with Crippen LogP contribution in [0.1, 0.15) is 30.9 Å². The lowest BCUT2D eigenvalue weighted by atomic mass is 10.0. The SMILES string of the molecule is COCc1c(Br)cc(C(C)C)cc1Br. The zero-order valence-electron chi connectivity index (χ0n) is 8.60. The molecule has 0 unspecified atom stereocenters. The summed E-state index contributed by atoms with van der Waals surface area (Å²) >= 11 is 7.11. The Bertz CT molecular complexity index is 298. The first kappa shape index (κ1) is 12.2. The normalized spacial score (nSPS) is 11.0. The van der Waals surface area contributed by atoms with Gasteiger partial charge in [0.15, 0.2) is 0 Å². The summed E-state index contributed by atoms with van der Waals surface area (Å²) in [6.07, 6.45) is 0. The van der Waals surface area contributed by atoms with Gasteiger partial charge in [-0.2, -0.15) is 0 Å². The molecule has 0 N–H and O–H groups in total. The molecule has 0 heterocycles. The number of rotatable bonds is 3. The number of halogens is 2. The summed E-state index contributed by atoms with van der Waals surface area (Å²) in [6.45, 7) is 4.99. The fraction of sp³-hybridized carbons (Fsp3) is 0.455. The van der Waals surface area contributed by atoms with Gasteiger partial charge in [0.2, 0.25) is 0 Å². The monoisotopic (exact) mass is 320 g/mol. The van der Waals surface area contributed by atoms with Gasteiger partial charge in [0.25, 0.3) is 0 Å². The molecule has 0 saturated heterocycles. The first-order valence-corrected chi connectivity index (χ1v) is 6.11. The fourth-order valence-corrected chi connectivity index (χ4v) is 2.69. The van der Waals surface area contributed by atoms with Crippen LogP contribution in [0, 0.1) is 0 Å². The highest BCUT2D eigenvalue weighted by Gasteiger charge is 2.08. The molecule has 0 spiro atoms. The Kier molecular flexibility index (Phi) is 4.61. The van der Waals surface area contributed by atoms with Crippen LogP contribution in [0.25, 0.3) is 0 Å². The van der Waals surface area contributed by atoms with Crippen molar-refractivity contribution in [2.75, 3.05) is 7.11 Å². The van der Waals surface area contributed by atoms with Crippen LogP contribution in [-0.4, -0.2) is 7.11 Å². The Morgan fingerprint density at radius 2 is 1.71 bits per heavy atom. The third-order valence-corrected chi connectivity index (χ3v) is 3.53. The standard InChI is InChI=1S/C11H14Br2O/c1-7(2)8-4-10(12)9(6-14-3)11(13)5-8/h4-5,7H,6H2,1-3H3. The molecule has 1 nitrogen and oxygen atoms in total. The molecule has 1 aromatic rings. The smallest absolute Gasteiger partial charge is 0.0735 e. The van der Waals surface area contributed by atoms with Gasteiger partial charge in [-0.3, -0.25) is 0 Å². The van der Waals surface area contributed by atoms with Crippen molar-refractivity contribution in [1.82, 2.24) is 0 Å². The molecule has 0 bridgehead atoms. The highest BCUT2D eigenvalue weighted by molar-refractivity contribution is 9.11. The van der Waals surface area contributed by atoms with E-state index < -0.39 is 0 Å². The van der Waals surface area contributed by atoms with E-state index in [1.165, 1.54) is 5.56 Å². The van der Waals surface area contributed by atoms with Crippen LogP contribution in [0.15, 0.2) is 21.1 Å². The van der Waals surface area contributed by atoms with Gasteiger partial charge in [-0.15, -0.1) is 0 Å². The van der Waals surface area contributed by atoms with Crippen LogP contribution in [0.3, 0.4) is 0 Å². The van der Waals surface area contributed by atoms with Gasteiger partial charge in [-0.05, 0) is 23.6 Å². The predicted molar refractivity (Wildman–Crippen MR) is 66.6 cm³/mol. The van der Waals surface area contributed by atoms with E-state index in [2.05, 4.69) is 57.8 Å². The Morgan fingerprint density at radius 3 is 2.07 bits per heavy atom. The van der Waals surface area contributed by atoms with Gasteiger partial charge in [-0.25, -0.2) is 0 Å². The summed E-state index contributed by atoms with van der Waals surface area (Å²) in [4.78, 5) is 0. The van der Waals surface area contributed by atoms with E-state index in [0.717, 1.165) is 14.5 Å². The Labute approximate surface area is 102 Å². The molecule has 78 valence electrons. The van der Waals surface area contributed by atoms with E-state index >= 15 is 0 Å². The summed E-state index contributed by atoms with van der Waals surface area (Å²) in [5, 5.41) is 0. The zero-order chi connectivity index (χ0) is 10.7. The summed E-state index contributed by atoms with van der Waals surface area (Å²) in [6, 6.07) is 4.31. The molecule has 0 atom stereocenters. The van der Waals surface area contributed by atoms with Crippen molar-refractivity contribution in [3.63, 3.8) is 0 Å². The third-order valence-electron chi connectivity index (χ3n) is 2.12. The van der Waals surface area contributed by atoms with Gasteiger partial charge >= 0.3 is 0 Å². The van der Waals surface area contributed by atoms with Crippen molar-refractivity contribution in [2.24, 2.45) is 0 Å². The lowest BCUT2D eigenvalue weighted by Gasteiger charge is -2.11. The highest BCUT2D eigenvalue weighted by atomic mass is 79.9. The average molecular weight is 322 g/mol. The number of hydrogen-bond donors (Lipinski definition) is 0. The van der Waals surface area contributed by atoms with Gasteiger partial charge < -0.3 is 4.74 Å². The Hall–Kier alpha value is 0.140. The molecule has 0 radical (unpaired) electrons. The Morgan fingerprint density at radius 1 is 1.21 bits per heavy atom. The number of hydrogen-bond acceptors (Lipinski definition) is 1. The molecule has 0 aliphatic heterocycles. The summed E-state index contributed by atoms with van der Waals surface area (Å²) in [7, 11) is 1.70. The second-order valence-electron chi connectivity index (χ2n) is 3.55. The van der Waals surface area contributed by atoms with E-state index in [1.807, 2.05) is 0 Å². The first-order chi connectivity index (χ1) is 6.56. The Balaban J connectivity index is 3.11. The first-order valence-electron chi connectivity index (χ1n) is 4.53. The maximum Gasteiger partial charge on any atom is 0.0735 e. The molecule has 0 aromatic heterocycles. The molecule has 0 aliphatic rings. The summed E-state index contributed by atoms with van der Waals surface area (Å²) in [5.41, 5.74) is 2.49. The molecule has 0 amide bonds. The molecular formula is C11H14Br2O. The van der Waals surface area contributed by atoms with E-state index in [4.69, 9.17) is 4.74 Å². The number of methoxy groups -OCH3 is 1. The van der Waals surface area contributed by atoms with Crippen LogP contribution < -0.4 is 0 Å². The van der Waals surface area contributed by atoms with Crippen molar-refractivity contribution in [3.8, 4) is 0 Å². The maximum absolute atomic E-state index is 5.13. The largest absolute Gasteiger partial charge is 0.380 e. The number of benzene rings is 1. The highest BCUT2D eigenvalue weighted by Crippen LogP contribution is 2.30. The minimum absolute atomic E-state index is 0.541. The molecule has 14 heavy (non-hydrogen) atoms. The topological polar surface area (TPSA) is 9.23 Å². The molecule has 1 aromatic carbocycles. The second-order valence-corrected chi connectivity index (χ2v) is 5.26. The molecule has 0 aliphatic carbocycles. The third kappa shape index (κ3) is 2.81. The fourth-order valence-electron chi connectivity index (χ4n) is 1.24. The van der Waals surface area contributed by atoms with Gasteiger partial charge in [0.1, 0.15) is 0 Å². The van der Waals surface area contributed by atoms with Gasteiger partial charge in [0.05, 0.1) is 6.61 Å². The van der Waals surface area contributed by atoms with Crippen LogP contribution >= 0.6 is 31.9 Å². The van der Waals surface area contributed by atoms with Crippen LogP contribution in [-0.2, 0) is 11.3 Å². The summed E-state index contributed by atoms with van der Waals surface area (Å²) in [5.74, 6) is 0.541. The maximum atomic E-state index is 5.13. The molecule has 0 saturated carbocycles. The van der Waals surface area contributed by atoms with E-state index in [0.29, 0.717) is 12.5 Å². The van der Waals surface area contributed by atoms with Crippen LogP contribution in [0.5, 0.6) is 0 Å². The quantitative estimate of drug-likeness (QED) is 0.797. The van der Waals surface area contributed by atoms with E-state index in [1.54, 1.807) is 7.11 Å². The lowest BCUT2D eigenvalue weighted by Crippen LogP contribution is -1.95. The van der Waals surface area contributed by atoms with Gasteiger partial charge in [-0.1, -0.05) is 45.7 Å². The van der Waals surface area contributed by atoms with Gasteiger partial charge in [0, 0.05) is 21.6 Å².